The minimum atomic E-state index is -0.304. The molecule has 2 amide bonds. The number of carbonyl (C=O) groups is 2. The number of anilines is 1. The van der Waals surface area contributed by atoms with E-state index in [0.717, 1.165) is 0 Å². The summed E-state index contributed by atoms with van der Waals surface area (Å²) in [5.74, 6) is 0.688. The van der Waals surface area contributed by atoms with Gasteiger partial charge in [-0.25, -0.2) is 9.67 Å². The first-order chi connectivity index (χ1) is 11.5. The van der Waals surface area contributed by atoms with Crippen molar-refractivity contribution in [3.8, 4) is 5.82 Å². The number of carbonyl (C=O) groups excluding carboxylic acids is 2. The molecule has 0 spiro atoms. The molecule has 3 rings (SSSR count). The lowest BCUT2D eigenvalue weighted by Gasteiger charge is -2.18. The molecule has 0 aliphatic carbocycles. The Morgan fingerprint density at radius 2 is 2.25 bits per heavy atom. The molecule has 1 fully saturated rings. The lowest BCUT2D eigenvalue weighted by molar-refractivity contribution is -0.128. The molecule has 2 aromatic heterocycles. The third kappa shape index (κ3) is 3.61. The number of pyridine rings is 1. The SMILES string of the molecule is CC(C)CN1CC(C(=O)Nc2ccc(-n3cccn3)nc2)CC1=O. The standard InChI is InChI=1S/C17H21N5O2/c1-12(2)10-21-11-13(8-16(21)23)17(24)20-14-4-5-15(18-9-14)22-7-3-6-19-22/h3-7,9,12-13H,8,10-11H2,1-2H3,(H,20,24). The van der Waals surface area contributed by atoms with Crippen LogP contribution < -0.4 is 5.32 Å². The maximum Gasteiger partial charge on any atom is 0.229 e. The average Bonchev–Trinajstić information content (AvgIpc) is 3.18. The van der Waals surface area contributed by atoms with E-state index >= 15 is 0 Å². The third-order valence-electron chi connectivity index (χ3n) is 3.93. The Hall–Kier alpha value is -2.70. The number of nitrogens with one attached hydrogen (secondary N) is 1. The topological polar surface area (TPSA) is 80.1 Å². The molecule has 1 unspecified atom stereocenters. The number of amides is 2. The summed E-state index contributed by atoms with van der Waals surface area (Å²) >= 11 is 0. The van der Waals surface area contributed by atoms with Gasteiger partial charge in [0.15, 0.2) is 5.82 Å². The van der Waals surface area contributed by atoms with Gasteiger partial charge in [0, 0.05) is 31.9 Å². The average molecular weight is 327 g/mol. The Kier molecular flexibility index (Phi) is 4.59. The molecule has 7 nitrogen and oxygen atoms in total. The van der Waals surface area contributed by atoms with Gasteiger partial charge < -0.3 is 10.2 Å². The highest BCUT2D eigenvalue weighted by Crippen LogP contribution is 2.21. The van der Waals surface area contributed by atoms with Gasteiger partial charge in [-0.1, -0.05) is 13.8 Å². The highest BCUT2D eigenvalue weighted by molar-refractivity contribution is 5.97. The van der Waals surface area contributed by atoms with Crippen molar-refractivity contribution in [3.63, 3.8) is 0 Å². The molecule has 1 aliphatic heterocycles. The van der Waals surface area contributed by atoms with Crippen LogP contribution in [-0.2, 0) is 9.59 Å². The molecule has 1 saturated heterocycles. The van der Waals surface area contributed by atoms with Crippen molar-refractivity contribution in [1.82, 2.24) is 19.7 Å². The maximum absolute atomic E-state index is 12.4. The van der Waals surface area contributed by atoms with E-state index in [1.807, 2.05) is 6.07 Å². The van der Waals surface area contributed by atoms with Crippen LogP contribution in [0.25, 0.3) is 5.82 Å². The van der Waals surface area contributed by atoms with Gasteiger partial charge in [0.1, 0.15) is 0 Å². The van der Waals surface area contributed by atoms with Crippen LogP contribution in [0.4, 0.5) is 5.69 Å². The van der Waals surface area contributed by atoms with E-state index in [1.54, 1.807) is 40.3 Å². The van der Waals surface area contributed by atoms with Crippen LogP contribution in [0, 0.1) is 11.8 Å². The number of likely N-dealkylation sites (tertiary alicyclic amines) is 1. The molecular weight excluding hydrogens is 306 g/mol. The van der Waals surface area contributed by atoms with E-state index in [-0.39, 0.29) is 24.2 Å². The monoisotopic (exact) mass is 327 g/mol. The second kappa shape index (κ2) is 6.82. The van der Waals surface area contributed by atoms with Gasteiger partial charge in [-0.2, -0.15) is 5.10 Å². The van der Waals surface area contributed by atoms with E-state index in [0.29, 0.717) is 30.5 Å². The van der Waals surface area contributed by atoms with Crippen molar-refractivity contribution in [2.45, 2.75) is 20.3 Å². The summed E-state index contributed by atoms with van der Waals surface area (Å²) in [6, 6.07) is 5.38. The van der Waals surface area contributed by atoms with Crippen LogP contribution in [0.15, 0.2) is 36.8 Å². The van der Waals surface area contributed by atoms with Crippen LogP contribution in [0.1, 0.15) is 20.3 Å². The van der Waals surface area contributed by atoms with Gasteiger partial charge in [-0.3, -0.25) is 9.59 Å². The van der Waals surface area contributed by atoms with Crippen molar-refractivity contribution >= 4 is 17.5 Å². The second-order valence-electron chi connectivity index (χ2n) is 6.44. The first-order valence-electron chi connectivity index (χ1n) is 8.07. The molecule has 0 bridgehead atoms. The number of aromatic nitrogens is 3. The predicted octanol–water partition coefficient (Wildman–Crippen LogP) is 1.71. The lowest BCUT2D eigenvalue weighted by Crippen LogP contribution is -2.31. The number of hydrogen-bond acceptors (Lipinski definition) is 4. The van der Waals surface area contributed by atoms with E-state index in [4.69, 9.17) is 0 Å². The summed E-state index contributed by atoms with van der Waals surface area (Å²) < 4.78 is 1.64. The number of nitrogens with zero attached hydrogens (tertiary/aromatic N) is 4. The second-order valence-corrected chi connectivity index (χ2v) is 6.44. The fourth-order valence-electron chi connectivity index (χ4n) is 2.81. The van der Waals surface area contributed by atoms with Crippen LogP contribution in [0.3, 0.4) is 0 Å². The quantitative estimate of drug-likeness (QED) is 0.906. The molecule has 0 saturated carbocycles. The van der Waals surface area contributed by atoms with E-state index in [1.165, 1.54) is 0 Å². The minimum Gasteiger partial charge on any atom is -0.342 e. The number of hydrogen-bond donors (Lipinski definition) is 1. The third-order valence-corrected chi connectivity index (χ3v) is 3.93. The summed E-state index contributed by atoms with van der Waals surface area (Å²) in [5.41, 5.74) is 0.616. The molecular formula is C17H21N5O2. The minimum absolute atomic E-state index is 0.0519. The van der Waals surface area contributed by atoms with E-state index in [2.05, 4.69) is 29.2 Å². The molecule has 1 atom stereocenters. The summed E-state index contributed by atoms with van der Waals surface area (Å²) in [5, 5.41) is 6.94. The molecule has 1 aliphatic rings. The zero-order valence-electron chi connectivity index (χ0n) is 13.8. The molecule has 2 aromatic rings. The first-order valence-corrected chi connectivity index (χ1v) is 8.07. The molecule has 24 heavy (non-hydrogen) atoms. The summed E-state index contributed by atoms with van der Waals surface area (Å²) in [7, 11) is 0. The summed E-state index contributed by atoms with van der Waals surface area (Å²) in [4.78, 5) is 30.4. The van der Waals surface area contributed by atoms with Crippen molar-refractivity contribution < 1.29 is 9.59 Å². The van der Waals surface area contributed by atoms with Crippen LogP contribution in [0.2, 0.25) is 0 Å². The Bertz CT molecular complexity index is 709. The molecule has 3 heterocycles. The fraction of sp³-hybridized carbons (Fsp3) is 0.412. The van der Waals surface area contributed by atoms with Crippen LogP contribution in [-0.4, -0.2) is 44.6 Å². The molecule has 126 valence electrons. The molecule has 0 radical (unpaired) electrons. The van der Waals surface area contributed by atoms with Gasteiger partial charge in [-0.15, -0.1) is 0 Å². The van der Waals surface area contributed by atoms with Crippen LogP contribution in [0.5, 0.6) is 0 Å². The first kappa shape index (κ1) is 16.2. The normalized spacial score (nSPS) is 17.5. The fourth-order valence-corrected chi connectivity index (χ4v) is 2.81. The van der Waals surface area contributed by atoms with Crippen molar-refractivity contribution in [1.29, 1.82) is 0 Å². The van der Waals surface area contributed by atoms with Crippen LogP contribution >= 0.6 is 0 Å². The van der Waals surface area contributed by atoms with Crippen molar-refractivity contribution in [2.24, 2.45) is 11.8 Å². The lowest BCUT2D eigenvalue weighted by atomic mass is 10.1. The Labute approximate surface area is 140 Å². The Morgan fingerprint density at radius 1 is 1.42 bits per heavy atom. The summed E-state index contributed by atoms with van der Waals surface area (Å²) in [6.07, 6.45) is 5.35. The smallest absolute Gasteiger partial charge is 0.229 e. The van der Waals surface area contributed by atoms with Gasteiger partial charge in [-0.05, 0) is 24.1 Å². The highest BCUT2D eigenvalue weighted by atomic mass is 16.2. The summed E-state index contributed by atoms with van der Waals surface area (Å²) in [6.45, 7) is 5.31. The molecule has 7 heteroatoms. The van der Waals surface area contributed by atoms with Crippen molar-refractivity contribution in [2.75, 3.05) is 18.4 Å². The Morgan fingerprint density at radius 3 is 2.88 bits per heavy atom. The molecule has 0 aromatic carbocycles. The van der Waals surface area contributed by atoms with Crippen molar-refractivity contribution in [3.05, 3.63) is 36.8 Å². The van der Waals surface area contributed by atoms with E-state index in [9.17, 15) is 9.59 Å². The van der Waals surface area contributed by atoms with E-state index < -0.39 is 0 Å². The van der Waals surface area contributed by atoms with Gasteiger partial charge >= 0.3 is 0 Å². The largest absolute Gasteiger partial charge is 0.342 e. The van der Waals surface area contributed by atoms with Gasteiger partial charge in [0.2, 0.25) is 11.8 Å². The Balaban J connectivity index is 1.60. The number of rotatable bonds is 5. The zero-order chi connectivity index (χ0) is 17.1. The highest BCUT2D eigenvalue weighted by Gasteiger charge is 2.34. The van der Waals surface area contributed by atoms with Gasteiger partial charge in [0.05, 0.1) is 17.8 Å². The molecule has 1 N–H and O–H groups in total. The predicted molar refractivity (Wildman–Crippen MR) is 89.5 cm³/mol. The maximum atomic E-state index is 12.4. The van der Waals surface area contributed by atoms with Gasteiger partial charge in [0.25, 0.3) is 0 Å². The zero-order valence-corrected chi connectivity index (χ0v) is 13.8.